The van der Waals surface area contributed by atoms with Crippen molar-refractivity contribution in [2.24, 2.45) is 0 Å². The Morgan fingerprint density at radius 1 is 0.963 bits per heavy atom. The lowest BCUT2D eigenvalue weighted by Crippen LogP contribution is -2.42. The van der Waals surface area contributed by atoms with Crippen LogP contribution in [0, 0.1) is 0 Å². The SMILES string of the molecule is O=C(NNC(=O)c1nc(-c2ccccc2)n2c1CCCCC2)c1ccc[nH]1. The van der Waals surface area contributed by atoms with Gasteiger partial charge in [0.25, 0.3) is 11.8 Å². The van der Waals surface area contributed by atoms with Crippen LogP contribution in [0.15, 0.2) is 48.7 Å². The van der Waals surface area contributed by atoms with E-state index in [0.717, 1.165) is 49.3 Å². The first-order valence-electron chi connectivity index (χ1n) is 9.13. The van der Waals surface area contributed by atoms with E-state index in [4.69, 9.17) is 0 Å². The van der Waals surface area contributed by atoms with Crippen LogP contribution in [0.4, 0.5) is 0 Å². The number of hydrazine groups is 1. The zero-order valence-electron chi connectivity index (χ0n) is 14.9. The highest BCUT2D eigenvalue weighted by Gasteiger charge is 2.24. The second kappa shape index (κ2) is 7.49. The minimum Gasteiger partial charge on any atom is -0.357 e. The van der Waals surface area contributed by atoms with Crippen LogP contribution in [0.1, 0.15) is 45.9 Å². The number of amides is 2. The molecule has 0 atom stereocenters. The molecule has 0 fully saturated rings. The minimum atomic E-state index is -0.401. The van der Waals surface area contributed by atoms with Crippen molar-refractivity contribution in [1.82, 2.24) is 25.4 Å². The first-order chi connectivity index (χ1) is 13.2. The molecule has 0 unspecified atom stereocenters. The van der Waals surface area contributed by atoms with E-state index in [0.29, 0.717) is 11.4 Å². The van der Waals surface area contributed by atoms with Crippen molar-refractivity contribution in [2.45, 2.75) is 32.2 Å². The van der Waals surface area contributed by atoms with Gasteiger partial charge in [0.15, 0.2) is 5.69 Å². The molecular formula is C20H21N5O2. The molecule has 7 nitrogen and oxygen atoms in total. The molecule has 1 aliphatic heterocycles. The van der Waals surface area contributed by atoms with Gasteiger partial charge in [-0.15, -0.1) is 0 Å². The van der Waals surface area contributed by atoms with Crippen LogP contribution in [0.3, 0.4) is 0 Å². The Hall–Kier alpha value is -3.35. The van der Waals surface area contributed by atoms with E-state index in [1.807, 2.05) is 30.3 Å². The van der Waals surface area contributed by atoms with E-state index < -0.39 is 11.8 Å². The van der Waals surface area contributed by atoms with Crippen molar-refractivity contribution < 1.29 is 9.59 Å². The highest BCUT2D eigenvalue weighted by Crippen LogP contribution is 2.27. The molecule has 2 amide bonds. The maximum absolute atomic E-state index is 12.7. The molecule has 0 saturated heterocycles. The minimum absolute atomic E-state index is 0.377. The predicted molar refractivity (Wildman–Crippen MR) is 101 cm³/mol. The van der Waals surface area contributed by atoms with Crippen molar-refractivity contribution in [3.05, 3.63) is 65.7 Å². The highest BCUT2D eigenvalue weighted by atomic mass is 16.2. The summed E-state index contributed by atoms with van der Waals surface area (Å²) in [6.45, 7) is 0.842. The first kappa shape index (κ1) is 17.1. The smallest absolute Gasteiger partial charge is 0.290 e. The molecule has 2 aromatic heterocycles. The number of carbonyl (C=O) groups is 2. The Balaban J connectivity index is 1.61. The number of H-pyrrole nitrogens is 1. The number of rotatable bonds is 3. The van der Waals surface area contributed by atoms with Crippen molar-refractivity contribution >= 4 is 11.8 Å². The van der Waals surface area contributed by atoms with Gasteiger partial charge in [-0.05, 0) is 31.4 Å². The Kier molecular flexibility index (Phi) is 4.74. The van der Waals surface area contributed by atoms with Crippen molar-refractivity contribution in [1.29, 1.82) is 0 Å². The van der Waals surface area contributed by atoms with E-state index in [1.165, 1.54) is 0 Å². The van der Waals surface area contributed by atoms with Crippen LogP contribution < -0.4 is 10.9 Å². The van der Waals surface area contributed by atoms with Gasteiger partial charge in [0, 0.05) is 18.3 Å². The summed E-state index contributed by atoms with van der Waals surface area (Å²) in [6.07, 6.45) is 5.66. The Morgan fingerprint density at radius 3 is 2.56 bits per heavy atom. The number of imidazole rings is 1. The molecule has 0 spiro atoms. The number of hydrogen-bond acceptors (Lipinski definition) is 3. The molecule has 3 N–H and O–H groups in total. The number of nitrogens with one attached hydrogen (secondary N) is 3. The van der Waals surface area contributed by atoms with E-state index in [2.05, 4.69) is 25.4 Å². The average molecular weight is 363 g/mol. The average Bonchev–Trinajstić information content (AvgIpc) is 3.30. The fourth-order valence-corrected chi connectivity index (χ4v) is 3.42. The summed E-state index contributed by atoms with van der Waals surface area (Å²) >= 11 is 0. The number of aromatic amines is 1. The van der Waals surface area contributed by atoms with Gasteiger partial charge in [-0.2, -0.15) is 0 Å². The Bertz CT molecular complexity index is 944. The van der Waals surface area contributed by atoms with Gasteiger partial charge in [0.1, 0.15) is 11.5 Å². The lowest BCUT2D eigenvalue weighted by atomic mass is 10.1. The second-order valence-electron chi connectivity index (χ2n) is 6.55. The normalized spacial score (nSPS) is 13.5. The molecule has 138 valence electrons. The van der Waals surface area contributed by atoms with Gasteiger partial charge >= 0.3 is 0 Å². The topological polar surface area (TPSA) is 91.8 Å². The monoisotopic (exact) mass is 363 g/mol. The van der Waals surface area contributed by atoms with Gasteiger partial charge in [0.05, 0.1) is 5.69 Å². The van der Waals surface area contributed by atoms with Gasteiger partial charge in [-0.25, -0.2) is 4.98 Å². The largest absolute Gasteiger partial charge is 0.357 e. The zero-order chi connectivity index (χ0) is 18.6. The lowest BCUT2D eigenvalue weighted by molar-refractivity contribution is 0.0841. The lowest BCUT2D eigenvalue weighted by Gasteiger charge is -2.09. The van der Waals surface area contributed by atoms with Crippen molar-refractivity contribution in [2.75, 3.05) is 0 Å². The van der Waals surface area contributed by atoms with Gasteiger partial charge in [0.2, 0.25) is 0 Å². The highest BCUT2D eigenvalue weighted by molar-refractivity contribution is 5.98. The molecule has 0 saturated carbocycles. The molecule has 3 heterocycles. The van der Waals surface area contributed by atoms with Gasteiger partial charge in [-0.3, -0.25) is 20.4 Å². The predicted octanol–water partition coefficient (Wildman–Crippen LogP) is 2.68. The Morgan fingerprint density at radius 2 is 1.78 bits per heavy atom. The van der Waals surface area contributed by atoms with Crippen molar-refractivity contribution in [3.8, 4) is 11.4 Å². The number of benzene rings is 1. The van der Waals surface area contributed by atoms with Gasteiger partial charge < -0.3 is 9.55 Å². The molecule has 0 aliphatic carbocycles. The molecule has 27 heavy (non-hydrogen) atoms. The summed E-state index contributed by atoms with van der Waals surface area (Å²) in [5.41, 5.74) is 7.59. The molecule has 0 bridgehead atoms. The molecule has 4 rings (SSSR count). The van der Waals surface area contributed by atoms with Gasteiger partial charge in [-0.1, -0.05) is 36.8 Å². The maximum Gasteiger partial charge on any atom is 0.290 e. The molecule has 1 aromatic carbocycles. The number of fused-ring (bicyclic) bond motifs is 1. The van der Waals surface area contributed by atoms with Crippen molar-refractivity contribution in [3.63, 3.8) is 0 Å². The summed E-state index contributed by atoms with van der Waals surface area (Å²) in [5, 5.41) is 0. The third-order valence-electron chi connectivity index (χ3n) is 4.75. The van der Waals surface area contributed by atoms with Crippen LogP contribution in [0.2, 0.25) is 0 Å². The molecule has 3 aromatic rings. The Labute approximate surface area is 156 Å². The zero-order valence-corrected chi connectivity index (χ0v) is 14.9. The van der Waals surface area contributed by atoms with E-state index in [9.17, 15) is 9.59 Å². The molecule has 1 aliphatic rings. The summed E-state index contributed by atoms with van der Waals surface area (Å²) in [7, 11) is 0. The number of carbonyl (C=O) groups excluding carboxylic acids is 2. The number of nitrogens with zero attached hydrogens (tertiary/aromatic N) is 2. The number of hydrogen-bond donors (Lipinski definition) is 3. The standard InChI is InChI=1S/C20H21N5O2/c26-19(15-10-7-12-21-15)23-24-20(27)17-16-11-5-2-6-13-25(16)18(22-17)14-8-3-1-4-9-14/h1,3-4,7-10,12,21H,2,5-6,11,13H2,(H,23,26)(H,24,27). The summed E-state index contributed by atoms with van der Waals surface area (Å²) in [6, 6.07) is 13.2. The third-order valence-corrected chi connectivity index (χ3v) is 4.75. The van der Waals surface area contributed by atoms with Crippen LogP contribution in [-0.2, 0) is 13.0 Å². The summed E-state index contributed by atoms with van der Waals surface area (Å²) in [4.78, 5) is 32.2. The van der Waals surface area contributed by atoms with Crippen LogP contribution >= 0.6 is 0 Å². The third kappa shape index (κ3) is 3.48. The molecule has 0 radical (unpaired) electrons. The van der Waals surface area contributed by atoms with E-state index >= 15 is 0 Å². The summed E-state index contributed by atoms with van der Waals surface area (Å²) in [5.74, 6) is -0.00184. The quantitative estimate of drug-likeness (QED) is 0.625. The van der Waals surface area contributed by atoms with E-state index in [1.54, 1.807) is 18.3 Å². The van der Waals surface area contributed by atoms with Crippen LogP contribution in [0.25, 0.3) is 11.4 Å². The molecule has 7 heteroatoms. The second-order valence-corrected chi connectivity index (χ2v) is 6.55. The van der Waals surface area contributed by atoms with Crippen LogP contribution in [-0.4, -0.2) is 26.3 Å². The summed E-state index contributed by atoms with van der Waals surface area (Å²) < 4.78 is 2.14. The number of aromatic nitrogens is 3. The molecular weight excluding hydrogens is 342 g/mol. The fraction of sp³-hybridized carbons (Fsp3) is 0.250. The fourth-order valence-electron chi connectivity index (χ4n) is 3.42. The first-order valence-corrected chi connectivity index (χ1v) is 9.13. The maximum atomic E-state index is 12.7. The van der Waals surface area contributed by atoms with E-state index in [-0.39, 0.29) is 0 Å². The van der Waals surface area contributed by atoms with Crippen LogP contribution in [0.5, 0.6) is 0 Å².